The molecule has 0 atom stereocenters. The number of fused-ring (bicyclic) bond motifs is 1. The number of carbonyl (C=O) groups is 2. The van der Waals surface area contributed by atoms with E-state index in [2.05, 4.69) is 23.2 Å². The Morgan fingerprint density at radius 3 is 2.52 bits per heavy atom. The zero-order chi connectivity index (χ0) is 27.9. The molecule has 212 valence electrons. The average Bonchev–Trinajstić information content (AvgIpc) is 3.60. The van der Waals surface area contributed by atoms with E-state index < -0.39 is 0 Å². The van der Waals surface area contributed by atoms with Gasteiger partial charge in [-0.15, -0.1) is 11.3 Å². The molecule has 0 aliphatic carbocycles. The smallest absolute Gasteiger partial charge is 0.322 e. The van der Waals surface area contributed by atoms with Crippen LogP contribution in [0, 0.1) is 13.8 Å². The molecule has 10 heteroatoms. The van der Waals surface area contributed by atoms with Crippen LogP contribution < -0.4 is 14.8 Å². The molecule has 1 N–H and O–H groups in total. The Balaban J connectivity index is 1.34. The number of carbonyl (C=O) groups excluding carboxylic acids is 2. The topological polar surface area (TPSA) is 83.6 Å². The molecule has 2 aliphatic heterocycles. The highest BCUT2D eigenvalue weighted by Crippen LogP contribution is 2.33. The van der Waals surface area contributed by atoms with Gasteiger partial charge in [0.15, 0.2) is 11.5 Å². The molecule has 0 bridgehead atoms. The lowest BCUT2D eigenvalue weighted by Gasteiger charge is -2.31. The van der Waals surface area contributed by atoms with E-state index in [0.717, 1.165) is 40.3 Å². The second-order valence-electron chi connectivity index (χ2n) is 10.1. The van der Waals surface area contributed by atoms with Gasteiger partial charge in [-0.2, -0.15) is 0 Å². The number of para-hydroxylation sites is 1. The van der Waals surface area contributed by atoms with E-state index in [1.807, 2.05) is 59.7 Å². The molecule has 0 spiro atoms. The second-order valence-corrected chi connectivity index (χ2v) is 11.1. The summed E-state index contributed by atoms with van der Waals surface area (Å²) >= 11 is 1.63. The maximum absolute atomic E-state index is 13.9. The van der Waals surface area contributed by atoms with E-state index in [-0.39, 0.29) is 25.3 Å². The summed E-state index contributed by atoms with van der Waals surface area (Å²) in [4.78, 5) is 34.3. The Morgan fingerprint density at radius 2 is 1.75 bits per heavy atom. The first kappa shape index (κ1) is 27.9. The Labute approximate surface area is 239 Å². The van der Waals surface area contributed by atoms with E-state index in [4.69, 9.17) is 14.2 Å². The van der Waals surface area contributed by atoms with Crippen molar-refractivity contribution in [3.63, 3.8) is 0 Å². The number of nitrogens with one attached hydrogen (secondary N) is 1. The normalized spacial score (nSPS) is 14.7. The van der Waals surface area contributed by atoms with Crippen LogP contribution in [-0.2, 0) is 22.6 Å². The zero-order valence-corrected chi connectivity index (χ0v) is 23.9. The Kier molecular flexibility index (Phi) is 9.20. The number of thiophene rings is 1. The van der Waals surface area contributed by atoms with Gasteiger partial charge in [-0.05, 0) is 60.2 Å². The van der Waals surface area contributed by atoms with E-state index in [9.17, 15) is 9.59 Å². The highest BCUT2D eigenvalue weighted by atomic mass is 32.1. The fraction of sp³-hybridized carbons (Fsp3) is 0.400. The minimum absolute atomic E-state index is 0.0307. The number of anilines is 1. The van der Waals surface area contributed by atoms with Crippen molar-refractivity contribution in [3.8, 4) is 11.5 Å². The van der Waals surface area contributed by atoms with Gasteiger partial charge in [0.05, 0.1) is 19.8 Å². The summed E-state index contributed by atoms with van der Waals surface area (Å²) in [7, 11) is 0. The summed E-state index contributed by atoms with van der Waals surface area (Å²) in [6, 6.07) is 15.2. The van der Waals surface area contributed by atoms with Gasteiger partial charge >= 0.3 is 6.03 Å². The van der Waals surface area contributed by atoms with Crippen molar-refractivity contribution >= 4 is 29.0 Å². The van der Waals surface area contributed by atoms with Crippen molar-refractivity contribution in [2.45, 2.75) is 26.9 Å². The first-order valence-electron chi connectivity index (χ1n) is 13.6. The number of nitrogens with zero attached hydrogens (tertiary/aromatic N) is 3. The number of hydrogen-bond donors (Lipinski definition) is 1. The first-order chi connectivity index (χ1) is 19.5. The van der Waals surface area contributed by atoms with Gasteiger partial charge < -0.3 is 29.3 Å². The number of amides is 3. The van der Waals surface area contributed by atoms with Gasteiger partial charge in [-0.3, -0.25) is 9.69 Å². The van der Waals surface area contributed by atoms with E-state index >= 15 is 0 Å². The maximum atomic E-state index is 13.9. The molecular formula is C30H36N4O5S. The summed E-state index contributed by atoms with van der Waals surface area (Å²) in [5, 5.41) is 5.06. The van der Waals surface area contributed by atoms with E-state index in [0.29, 0.717) is 50.9 Å². The summed E-state index contributed by atoms with van der Waals surface area (Å²) < 4.78 is 16.5. The van der Waals surface area contributed by atoms with Gasteiger partial charge in [-0.1, -0.05) is 24.3 Å². The minimum Gasteiger partial charge on any atom is -0.454 e. The fourth-order valence-corrected chi connectivity index (χ4v) is 5.66. The van der Waals surface area contributed by atoms with Crippen LogP contribution >= 0.6 is 11.3 Å². The van der Waals surface area contributed by atoms with Crippen molar-refractivity contribution in [2.75, 3.05) is 58.0 Å². The number of ether oxygens (including phenoxy) is 3. The lowest BCUT2D eigenvalue weighted by Crippen LogP contribution is -2.48. The molecule has 0 unspecified atom stereocenters. The second kappa shape index (κ2) is 13.2. The van der Waals surface area contributed by atoms with Crippen LogP contribution in [-0.4, -0.2) is 79.4 Å². The SMILES string of the molecule is Cc1ccccc1NC(=O)N(CCN1CCOCC1)CC(=O)N(Cc1ccc2c(c1)OCO2)Cc1sccc1C. The molecule has 1 aromatic heterocycles. The van der Waals surface area contributed by atoms with Gasteiger partial charge in [0.25, 0.3) is 0 Å². The monoisotopic (exact) mass is 564 g/mol. The van der Waals surface area contributed by atoms with E-state index in [1.165, 1.54) is 0 Å². The zero-order valence-electron chi connectivity index (χ0n) is 23.1. The number of urea groups is 1. The Hall–Kier alpha value is -3.60. The van der Waals surface area contributed by atoms with Crippen LogP contribution in [0.15, 0.2) is 53.9 Å². The number of rotatable bonds is 10. The molecule has 3 aromatic rings. The van der Waals surface area contributed by atoms with Crippen molar-refractivity contribution in [3.05, 3.63) is 75.5 Å². The first-order valence-corrected chi connectivity index (χ1v) is 14.4. The third-order valence-electron chi connectivity index (χ3n) is 7.26. The number of aryl methyl sites for hydroxylation is 2. The molecule has 3 heterocycles. The van der Waals surface area contributed by atoms with Crippen LogP contribution in [0.3, 0.4) is 0 Å². The van der Waals surface area contributed by atoms with Crippen LogP contribution in [0.25, 0.3) is 0 Å². The number of hydrogen-bond acceptors (Lipinski definition) is 7. The predicted molar refractivity (Wildman–Crippen MR) is 155 cm³/mol. The van der Waals surface area contributed by atoms with Gasteiger partial charge in [-0.25, -0.2) is 4.79 Å². The summed E-state index contributed by atoms with van der Waals surface area (Å²) in [5.41, 5.74) is 3.79. The number of morpholine rings is 1. The van der Waals surface area contributed by atoms with Crippen molar-refractivity contribution in [1.29, 1.82) is 0 Å². The third kappa shape index (κ3) is 7.12. The van der Waals surface area contributed by atoms with Crippen molar-refractivity contribution < 1.29 is 23.8 Å². The molecule has 3 amide bonds. The molecule has 2 aromatic carbocycles. The summed E-state index contributed by atoms with van der Waals surface area (Å²) in [5.74, 6) is 1.27. The highest BCUT2D eigenvalue weighted by molar-refractivity contribution is 7.10. The van der Waals surface area contributed by atoms with Gasteiger partial charge in [0.1, 0.15) is 6.54 Å². The molecule has 0 saturated carbocycles. The minimum atomic E-state index is -0.286. The molecule has 1 saturated heterocycles. The Morgan fingerprint density at radius 1 is 0.950 bits per heavy atom. The largest absolute Gasteiger partial charge is 0.454 e. The standard InChI is InChI=1S/C30H36N4O5S/c1-22-5-3-4-6-25(22)31-30(36)33(11-10-32-12-14-37-15-13-32)20-29(35)34(19-28-23(2)9-16-40-28)18-24-7-8-26-27(17-24)39-21-38-26/h3-9,16-17H,10-15,18-21H2,1-2H3,(H,31,36). The molecule has 9 nitrogen and oxygen atoms in total. The predicted octanol–water partition coefficient (Wildman–Crippen LogP) is 4.49. The molecule has 2 aliphatic rings. The molecular weight excluding hydrogens is 528 g/mol. The van der Waals surface area contributed by atoms with Gasteiger partial charge in [0.2, 0.25) is 12.7 Å². The average molecular weight is 565 g/mol. The summed E-state index contributed by atoms with van der Waals surface area (Å²) in [6.07, 6.45) is 0. The van der Waals surface area contributed by atoms with Crippen LogP contribution in [0.4, 0.5) is 10.5 Å². The Bertz CT molecular complexity index is 1320. The van der Waals surface area contributed by atoms with Crippen LogP contribution in [0.5, 0.6) is 11.5 Å². The maximum Gasteiger partial charge on any atom is 0.322 e. The quantitative estimate of drug-likeness (QED) is 0.391. The fourth-order valence-electron chi connectivity index (χ4n) is 4.74. The lowest BCUT2D eigenvalue weighted by atomic mass is 10.1. The third-order valence-corrected chi connectivity index (χ3v) is 8.26. The van der Waals surface area contributed by atoms with Crippen LogP contribution in [0.1, 0.15) is 21.6 Å². The van der Waals surface area contributed by atoms with Gasteiger partial charge in [0, 0.05) is 43.3 Å². The molecule has 1 fully saturated rings. The molecule has 5 rings (SSSR count). The van der Waals surface area contributed by atoms with E-state index in [1.54, 1.807) is 16.2 Å². The highest BCUT2D eigenvalue weighted by Gasteiger charge is 2.25. The van der Waals surface area contributed by atoms with Crippen molar-refractivity contribution in [2.24, 2.45) is 0 Å². The number of benzene rings is 2. The molecule has 40 heavy (non-hydrogen) atoms. The lowest BCUT2D eigenvalue weighted by molar-refractivity contribution is -0.133. The molecule has 0 radical (unpaired) electrons. The van der Waals surface area contributed by atoms with Crippen LogP contribution in [0.2, 0.25) is 0 Å². The van der Waals surface area contributed by atoms with Crippen molar-refractivity contribution in [1.82, 2.24) is 14.7 Å². The summed E-state index contributed by atoms with van der Waals surface area (Å²) in [6.45, 7) is 9.12.